The van der Waals surface area contributed by atoms with Gasteiger partial charge in [-0.1, -0.05) is 11.8 Å². The number of amides is 1. The van der Waals surface area contributed by atoms with Crippen molar-refractivity contribution in [1.29, 1.82) is 0 Å². The fourth-order valence-corrected chi connectivity index (χ4v) is 2.10. The average molecular weight is 290 g/mol. The van der Waals surface area contributed by atoms with Crippen molar-refractivity contribution < 1.29 is 13.9 Å². The number of nitrogens with two attached hydrogens (primary N) is 1. The van der Waals surface area contributed by atoms with Crippen LogP contribution in [-0.4, -0.2) is 43.7 Å². The van der Waals surface area contributed by atoms with Crippen LogP contribution in [-0.2, 0) is 4.74 Å². The van der Waals surface area contributed by atoms with E-state index in [0.29, 0.717) is 18.7 Å². The van der Waals surface area contributed by atoms with Gasteiger partial charge in [0.2, 0.25) is 0 Å². The SMILES string of the molecule is COCCN(C(=O)c1cc(C#CCN)ccc1F)C1CC1. The van der Waals surface area contributed by atoms with Gasteiger partial charge in [-0.15, -0.1) is 0 Å². The Hall–Kier alpha value is -1.90. The van der Waals surface area contributed by atoms with Crippen LogP contribution in [0.15, 0.2) is 18.2 Å². The molecule has 0 heterocycles. The first-order valence-corrected chi connectivity index (χ1v) is 6.95. The molecule has 1 fully saturated rings. The Balaban J connectivity index is 2.23. The number of hydrogen-bond acceptors (Lipinski definition) is 3. The molecule has 21 heavy (non-hydrogen) atoms. The summed E-state index contributed by atoms with van der Waals surface area (Å²) in [7, 11) is 1.58. The van der Waals surface area contributed by atoms with Crippen molar-refractivity contribution in [2.24, 2.45) is 5.73 Å². The number of rotatable bonds is 5. The van der Waals surface area contributed by atoms with Crippen LogP contribution in [0.1, 0.15) is 28.8 Å². The summed E-state index contributed by atoms with van der Waals surface area (Å²) < 4.78 is 19.0. The maximum atomic E-state index is 14.0. The highest BCUT2D eigenvalue weighted by Crippen LogP contribution is 2.28. The molecule has 1 saturated carbocycles. The van der Waals surface area contributed by atoms with Gasteiger partial charge in [-0.3, -0.25) is 4.79 Å². The van der Waals surface area contributed by atoms with Gasteiger partial charge >= 0.3 is 0 Å². The minimum absolute atomic E-state index is 0.0572. The van der Waals surface area contributed by atoms with E-state index in [4.69, 9.17) is 10.5 Å². The molecule has 2 N–H and O–H groups in total. The van der Waals surface area contributed by atoms with Gasteiger partial charge in [0.15, 0.2) is 0 Å². The summed E-state index contributed by atoms with van der Waals surface area (Å²) in [6, 6.07) is 4.51. The molecular weight excluding hydrogens is 271 g/mol. The van der Waals surface area contributed by atoms with Crippen LogP contribution in [0.5, 0.6) is 0 Å². The standard InChI is InChI=1S/C16H19FN2O2/c1-21-10-9-19(13-5-6-13)16(20)14-11-12(3-2-8-18)4-7-15(14)17/h4,7,11,13H,5-6,8-10,18H2,1H3. The summed E-state index contributed by atoms with van der Waals surface area (Å²) in [6.07, 6.45) is 1.92. The van der Waals surface area contributed by atoms with Crippen LogP contribution in [0, 0.1) is 17.7 Å². The number of benzene rings is 1. The smallest absolute Gasteiger partial charge is 0.257 e. The fourth-order valence-electron chi connectivity index (χ4n) is 2.10. The number of hydrogen-bond donors (Lipinski definition) is 1. The first-order chi connectivity index (χ1) is 10.2. The van der Waals surface area contributed by atoms with Crippen LogP contribution < -0.4 is 5.73 Å². The summed E-state index contributed by atoms with van der Waals surface area (Å²) in [6.45, 7) is 1.14. The van der Waals surface area contributed by atoms with E-state index in [9.17, 15) is 9.18 Å². The van der Waals surface area contributed by atoms with E-state index in [2.05, 4.69) is 11.8 Å². The van der Waals surface area contributed by atoms with Gasteiger partial charge in [-0.2, -0.15) is 0 Å². The van der Waals surface area contributed by atoms with E-state index >= 15 is 0 Å². The zero-order chi connectivity index (χ0) is 15.2. The molecular formula is C16H19FN2O2. The lowest BCUT2D eigenvalue weighted by Gasteiger charge is -2.22. The first kappa shape index (κ1) is 15.5. The third-order valence-corrected chi connectivity index (χ3v) is 3.32. The number of halogens is 1. The molecule has 0 atom stereocenters. The number of nitrogens with zero attached hydrogens (tertiary/aromatic N) is 1. The second kappa shape index (κ2) is 7.21. The van der Waals surface area contributed by atoms with E-state index < -0.39 is 5.82 Å². The molecule has 1 aliphatic rings. The maximum Gasteiger partial charge on any atom is 0.257 e. The van der Waals surface area contributed by atoms with Gasteiger partial charge in [-0.25, -0.2) is 4.39 Å². The van der Waals surface area contributed by atoms with Crippen molar-refractivity contribution in [2.45, 2.75) is 18.9 Å². The Kier molecular flexibility index (Phi) is 5.32. The van der Waals surface area contributed by atoms with Crippen molar-refractivity contribution in [3.05, 3.63) is 35.1 Å². The summed E-state index contributed by atoms with van der Waals surface area (Å²) in [5.41, 5.74) is 5.97. The minimum Gasteiger partial charge on any atom is -0.383 e. The Bertz CT molecular complexity index is 573. The molecule has 1 aliphatic carbocycles. The second-order valence-corrected chi connectivity index (χ2v) is 4.92. The number of carbonyl (C=O) groups excluding carboxylic acids is 1. The largest absolute Gasteiger partial charge is 0.383 e. The van der Waals surface area contributed by atoms with Crippen molar-refractivity contribution in [1.82, 2.24) is 4.90 Å². The molecule has 1 aromatic rings. The van der Waals surface area contributed by atoms with Crippen molar-refractivity contribution in [3.63, 3.8) is 0 Å². The highest BCUT2D eigenvalue weighted by atomic mass is 19.1. The molecule has 4 nitrogen and oxygen atoms in total. The van der Waals surface area contributed by atoms with E-state index in [1.165, 1.54) is 12.1 Å². The number of carbonyl (C=O) groups is 1. The Morgan fingerprint density at radius 1 is 1.52 bits per heavy atom. The molecule has 0 bridgehead atoms. The lowest BCUT2D eigenvalue weighted by Crippen LogP contribution is -2.36. The van der Waals surface area contributed by atoms with E-state index in [-0.39, 0.29) is 24.1 Å². The monoisotopic (exact) mass is 290 g/mol. The lowest BCUT2D eigenvalue weighted by molar-refractivity contribution is 0.0675. The average Bonchev–Trinajstić information content (AvgIpc) is 3.31. The molecule has 0 aromatic heterocycles. The lowest BCUT2D eigenvalue weighted by atomic mass is 10.1. The highest BCUT2D eigenvalue weighted by Gasteiger charge is 2.33. The zero-order valence-corrected chi connectivity index (χ0v) is 12.1. The summed E-state index contributed by atoms with van der Waals surface area (Å²) in [5, 5.41) is 0. The van der Waals surface area contributed by atoms with Crippen LogP contribution in [0.4, 0.5) is 4.39 Å². The molecule has 0 aliphatic heterocycles. The zero-order valence-electron chi connectivity index (χ0n) is 12.1. The molecule has 112 valence electrons. The van der Waals surface area contributed by atoms with E-state index in [1.807, 2.05) is 0 Å². The van der Waals surface area contributed by atoms with Gasteiger partial charge in [0.1, 0.15) is 5.82 Å². The number of methoxy groups -OCH3 is 1. The summed E-state index contributed by atoms with van der Waals surface area (Å²) in [4.78, 5) is 14.2. The quantitative estimate of drug-likeness (QED) is 0.834. The van der Waals surface area contributed by atoms with Gasteiger partial charge in [-0.05, 0) is 31.0 Å². The predicted molar refractivity (Wildman–Crippen MR) is 78.3 cm³/mol. The van der Waals surface area contributed by atoms with Crippen molar-refractivity contribution >= 4 is 5.91 Å². The maximum absolute atomic E-state index is 14.0. The van der Waals surface area contributed by atoms with Gasteiger partial charge in [0.05, 0.1) is 18.7 Å². The van der Waals surface area contributed by atoms with Gasteiger partial charge in [0.25, 0.3) is 5.91 Å². The predicted octanol–water partition coefficient (Wildman–Crippen LogP) is 1.39. The molecule has 2 rings (SSSR count). The topological polar surface area (TPSA) is 55.6 Å². The molecule has 0 spiro atoms. The second-order valence-electron chi connectivity index (χ2n) is 4.92. The third-order valence-electron chi connectivity index (χ3n) is 3.32. The highest BCUT2D eigenvalue weighted by molar-refractivity contribution is 5.95. The van der Waals surface area contributed by atoms with Crippen LogP contribution in [0.25, 0.3) is 0 Å². The van der Waals surface area contributed by atoms with E-state index in [1.54, 1.807) is 18.1 Å². The molecule has 0 saturated heterocycles. The van der Waals surface area contributed by atoms with E-state index in [0.717, 1.165) is 12.8 Å². The molecule has 0 radical (unpaired) electrons. The molecule has 1 aromatic carbocycles. The Labute approximate surface area is 124 Å². The normalized spacial score (nSPS) is 13.5. The van der Waals surface area contributed by atoms with Gasteiger partial charge in [0, 0.05) is 25.3 Å². The Morgan fingerprint density at radius 3 is 2.90 bits per heavy atom. The van der Waals surface area contributed by atoms with Crippen molar-refractivity contribution in [3.8, 4) is 11.8 Å². The van der Waals surface area contributed by atoms with Crippen LogP contribution >= 0.6 is 0 Å². The minimum atomic E-state index is -0.527. The number of ether oxygens (including phenoxy) is 1. The summed E-state index contributed by atoms with van der Waals surface area (Å²) in [5.74, 6) is 4.69. The first-order valence-electron chi connectivity index (χ1n) is 6.95. The van der Waals surface area contributed by atoms with Crippen LogP contribution in [0.3, 0.4) is 0 Å². The Morgan fingerprint density at radius 2 is 2.29 bits per heavy atom. The molecule has 5 heteroatoms. The van der Waals surface area contributed by atoms with Gasteiger partial charge < -0.3 is 15.4 Å². The molecule has 1 amide bonds. The van der Waals surface area contributed by atoms with Crippen LogP contribution in [0.2, 0.25) is 0 Å². The van der Waals surface area contributed by atoms with Crippen molar-refractivity contribution in [2.75, 3.05) is 26.8 Å². The third kappa shape index (κ3) is 4.03. The fraction of sp³-hybridized carbons (Fsp3) is 0.438. The molecule has 0 unspecified atom stereocenters. The summed E-state index contributed by atoms with van der Waals surface area (Å²) >= 11 is 0.